The zero-order chi connectivity index (χ0) is 10.9. The molecule has 0 spiro atoms. The van der Waals surface area contributed by atoms with E-state index in [1.807, 2.05) is 0 Å². The van der Waals surface area contributed by atoms with Crippen molar-refractivity contribution in [3.63, 3.8) is 0 Å². The Bertz CT molecular complexity index is 394. The van der Waals surface area contributed by atoms with E-state index in [2.05, 4.69) is 4.98 Å². The minimum absolute atomic E-state index is 0.0171. The third-order valence-corrected chi connectivity index (χ3v) is 3.09. The Morgan fingerprint density at radius 3 is 2.21 bits per heavy atom. The third-order valence-electron chi connectivity index (χ3n) is 1.37. The molecule has 7 heteroatoms. The SMILES string of the molecule is O=C(O)Cc1nc(Cl)c(Cl)c(Cl)c1Cl. The second kappa shape index (κ2) is 4.53. The monoisotopic (exact) mass is 273 g/mol. The van der Waals surface area contributed by atoms with Crippen molar-refractivity contribution < 1.29 is 9.90 Å². The summed E-state index contributed by atoms with van der Waals surface area (Å²) in [7, 11) is 0. The highest BCUT2D eigenvalue weighted by Crippen LogP contribution is 2.36. The summed E-state index contributed by atoms with van der Waals surface area (Å²) in [6, 6.07) is 0. The number of rotatable bonds is 2. The van der Waals surface area contributed by atoms with Crippen LogP contribution in [0.25, 0.3) is 0 Å². The van der Waals surface area contributed by atoms with Gasteiger partial charge in [0.15, 0.2) is 0 Å². The van der Waals surface area contributed by atoms with Crippen molar-refractivity contribution >= 4 is 52.4 Å². The normalized spacial score (nSPS) is 10.3. The summed E-state index contributed by atoms with van der Waals surface area (Å²) in [6.45, 7) is 0. The van der Waals surface area contributed by atoms with Gasteiger partial charge in [0.1, 0.15) is 5.15 Å². The maximum atomic E-state index is 10.4. The lowest BCUT2D eigenvalue weighted by atomic mass is 10.3. The van der Waals surface area contributed by atoms with E-state index in [4.69, 9.17) is 51.5 Å². The van der Waals surface area contributed by atoms with Gasteiger partial charge < -0.3 is 5.11 Å². The maximum Gasteiger partial charge on any atom is 0.309 e. The number of carboxylic acids is 1. The smallest absolute Gasteiger partial charge is 0.309 e. The van der Waals surface area contributed by atoms with Crippen LogP contribution in [0.5, 0.6) is 0 Å². The number of pyridine rings is 1. The van der Waals surface area contributed by atoms with E-state index in [-0.39, 0.29) is 32.3 Å². The molecule has 0 unspecified atom stereocenters. The summed E-state index contributed by atoms with van der Waals surface area (Å²) in [5.41, 5.74) is 0.0959. The third kappa shape index (κ3) is 2.42. The number of aromatic nitrogens is 1. The van der Waals surface area contributed by atoms with Crippen LogP contribution in [0.4, 0.5) is 0 Å². The van der Waals surface area contributed by atoms with Crippen LogP contribution in [0, 0.1) is 0 Å². The summed E-state index contributed by atoms with van der Waals surface area (Å²) in [5, 5.41) is 8.52. The molecule has 0 radical (unpaired) electrons. The molecule has 0 aliphatic rings. The van der Waals surface area contributed by atoms with Gasteiger partial charge in [-0.2, -0.15) is 0 Å². The highest BCUT2D eigenvalue weighted by Gasteiger charge is 2.16. The molecular formula is C7H3Cl4NO2. The van der Waals surface area contributed by atoms with E-state index in [0.717, 1.165) is 0 Å². The number of carboxylic acid groups (broad SMARTS) is 1. The van der Waals surface area contributed by atoms with Gasteiger partial charge in [-0.15, -0.1) is 0 Å². The quantitative estimate of drug-likeness (QED) is 0.842. The first kappa shape index (κ1) is 11.9. The molecule has 14 heavy (non-hydrogen) atoms. The molecule has 0 aliphatic carbocycles. The van der Waals surface area contributed by atoms with Gasteiger partial charge in [0.2, 0.25) is 0 Å². The zero-order valence-electron chi connectivity index (χ0n) is 6.52. The van der Waals surface area contributed by atoms with Gasteiger partial charge >= 0.3 is 5.97 Å². The lowest BCUT2D eigenvalue weighted by Gasteiger charge is -2.05. The van der Waals surface area contributed by atoms with Gasteiger partial charge in [0, 0.05) is 0 Å². The van der Waals surface area contributed by atoms with Crippen LogP contribution in [0.1, 0.15) is 5.69 Å². The Morgan fingerprint density at radius 2 is 1.71 bits per heavy atom. The first-order chi connectivity index (χ1) is 6.43. The largest absolute Gasteiger partial charge is 0.481 e. The fourth-order valence-corrected chi connectivity index (χ4v) is 1.62. The van der Waals surface area contributed by atoms with E-state index in [9.17, 15) is 4.79 Å². The Labute approximate surface area is 99.5 Å². The van der Waals surface area contributed by atoms with E-state index in [1.165, 1.54) is 0 Å². The minimum atomic E-state index is -1.08. The summed E-state index contributed by atoms with van der Waals surface area (Å²) in [5.74, 6) is -1.08. The molecule has 0 amide bonds. The number of hydrogen-bond donors (Lipinski definition) is 1. The molecule has 1 aromatic rings. The number of halogens is 4. The Morgan fingerprint density at radius 1 is 1.14 bits per heavy atom. The number of aliphatic carboxylic acids is 1. The molecule has 1 N–H and O–H groups in total. The van der Waals surface area contributed by atoms with Gasteiger partial charge in [-0.05, 0) is 0 Å². The summed E-state index contributed by atoms with van der Waals surface area (Å²) >= 11 is 22.6. The molecular weight excluding hydrogens is 272 g/mol. The van der Waals surface area contributed by atoms with Crippen LogP contribution in [0.3, 0.4) is 0 Å². The molecule has 1 aromatic heterocycles. The molecule has 0 aromatic carbocycles. The molecule has 0 bridgehead atoms. The van der Waals surface area contributed by atoms with E-state index >= 15 is 0 Å². The summed E-state index contributed by atoms with van der Waals surface area (Å²) < 4.78 is 0. The van der Waals surface area contributed by atoms with Gasteiger partial charge in [0.25, 0.3) is 0 Å². The molecule has 1 heterocycles. The number of hydrogen-bond acceptors (Lipinski definition) is 2. The van der Waals surface area contributed by atoms with Gasteiger partial charge in [0.05, 0.1) is 27.2 Å². The molecule has 76 valence electrons. The fraction of sp³-hybridized carbons (Fsp3) is 0.143. The first-order valence-corrected chi connectivity index (χ1v) is 4.85. The molecule has 0 atom stereocenters. The second-order valence-corrected chi connectivity index (χ2v) is 3.85. The molecule has 0 saturated heterocycles. The number of nitrogens with zero attached hydrogens (tertiary/aromatic N) is 1. The average molecular weight is 275 g/mol. The highest BCUT2D eigenvalue weighted by atomic mass is 35.5. The van der Waals surface area contributed by atoms with Crippen molar-refractivity contribution in [1.29, 1.82) is 0 Å². The molecule has 0 fully saturated rings. The van der Waals surface area contributed by atoms with Crippen molar-refractivity contribution in [3.05, 3.63) is 25.9 Å². The standard InChI is InChI=1S/C7H3Cl4NO2/c8-4-2(1-3(13)14)12-7(11)6(10)5(4)9/h1H2,(H,13,14). The van der Waals surface area contributed by atoms with Crippen LogP contribution >= 0.6 is 46.4 Å². The predicted octanol–water partition coefficient (Wildman–Crippen LogP) is 3.32. The average Bonchev–Trinajstić information content (AvgIpc) is 2.10. The van der Waals surface area contributed by atoms with Gasteiger partial charge in [-0.25, -0.2) is 4.98 Å². The van der Waals surface area contributed by atoms with Gasteiger partial charge in [-0.3, -0.25) is 4.79 Å². The number of carbonyl (C=O) groups is 1. The van der Waals surface area contributed by atoms with Crippen LogP contribution in [0.2, 0.25) is 20.2 Å². The Kier molecular flexibility index (Phi) is 3.84. The molecule has 1 rings (SSSR count). The van der Waals surface area contributed by atoms with Crippen molar-refractivity contribution in [1.82, 2.24) is 4.98 Å². The first-order valence-electron chi connectivity index (χ1n) is 3.34. The fourth-order valence-electron chi connectivity index (χ4n) is 0.791. The minimum Gasteiger partial charge on any atom is -0.481 e. The maximum absolute atomic E-state index is 10.4. The molecule has 0 saturated carbocycles. The highest BCUT2D eigenvalue weighted by molar-refractivity contribution is 6.51. The summed E-state index contributed by atoms with van der Waals surface area (Å²) in [4.78, 5) is 14.1. The van der Waals surface area contributed by atoms with E-state index in [0.29, 0.717) is 0 Å². The lowest BCUT2D eigenvalue weighted by Crippen LogP contribution is -2.04. The van der Waals surface area contributed by atoms with E-state index < -0.39 is 5.97 Å². The van der Waals surface area contributed by atoms with Crippen LogP contribution in [0.15, 0.2) is 0 Å². The van der Waals surface area contributed by atoms with Gasteiger partial charge in [-0.1, -0.05) is 46.4 Å². The topological polar surface area (TPSA) is 50.2 Å². The van der Waals surface area contributed by atoms with Crippen molar-refractivity contribution in [2.24, 2.45) is 0 Å². The Balaban J connectivity index is 3.25. The predicted molar refractivity (Wildman–Crippen MR) is 55.6 cm³/mol. The van der Waals surface area contributed by atoms with Crippen LogP contribution < -0.4 is 0 Å². The zero-order valence-corrected chi connectivity index (χ0v) is 9.55. The van der Waals surface area contributed by atoms with Crippen LogP contribution in [-0.2, 0) is 11.2 Å². The molecule has 0 aliphatic heterocycles. The van der Waals surface area contributed by atoms with Crippen molar-refractivity contribution in [3.8, 4) is 0 Å². The Hall–Kier alpha value is -0.220. The second-order valence-electron chi connectivity index (χ2n) is 2.36. The van der Waals surface area contributed by atoms with Crippen molar-refractivity contribution in [2.75, 3.05) is 0 Å². The van der Waals surface area contributed by atoms with Crippen molar-refractivity contribution in [2.45, 2.75) is 6.42 Å². The summed E-state index contributed by atoms with van der Waals surface area (Å²) in [6.07, 6.45) is -0.352. The van der Waals surface area contributed by atoms with Crippen LogP contribution in [-0.4, -0.2) is 16.1 Å². The lowest BCUT2D eigenvalue weighted by molar-refractivity contribution is -0.136. The van der Waals surface area contributed by atoms with E-state index in [1.54, 1.807) is 0 Å². The molecule has 3 nitrogen and oxygen atoms in total.